The van der Waals surface area contributed by atoms with Gasteiger partial charge in [0.15, 0.2) is 5.82 Å². The van der Waals surface area contributed by atoms with Crippen LogP contribution in [0.5, 0.6) is 5.75 Å². The molecule has 3 rings (SSSR count). The fraction of sp³-hybridized carbons (Fsp3) is 0.438. The minimum Gasteiger partial charge on any atom is -0.496 e. The summed E-state index contributed by atoms with van der Waals surface area (Å²) < 4.78 is 5.34. The molecular weight excluding hydrogens is 348 g/mol. The first-order chi connectivity index (χ1) is 11.6. The average molecular weight is 367 g/mol. The van der Waals surface area contributed by atoms with Gasteiger partial charge in [-0.25, -0.2) is 4.98 Å². The molecule has 128 valence electrons. The number of benzene rings is 1. The van der Waals surface area contributed by atoms with Crippen molar-refractivity contribution in [1.29, 1.82) is 0 Å². The van der Waals surface area contributed by atoms with Gasteiger partial charge in [-0.2, -0.15) is 0 Å². The Morgan fingerprint density at radius 3 is 2.88 bits per heavy atom. The second-order valence-electron chi connectivity index (χ2n) is 5.60. The molecule has 1 N–H and O–H groups in total. The molecule has 6 nitrogen and oxygen atoms in total. The zero-order valence-electron chi connectivity index (χ0n) is 13.6. The first kappa shape index (κ1) is 17.1. The monoisotopic (exact) mass is 366 g/mol. The molecule has 1 aliphatic heterocycles. The molecule has 1 saturated heterocycles. The number of aromatic amines is 1. The summed E-state index contributed by atoms with van der Waals surface area (Å²) in [6.45, 7) is 3.59. The van der Waals surface area contributed by atoms with Crippen LogP contribution in [0.1, 0.15) is 19.8 Å². The molecule has 2 aromatic rings. The molecule has 24 heavy (non-hydrogen) atoms. The lowest BCUT2D eigenvalue weighted by atomic mass is 10.2. The number of hydrogen-bond acceptors (Lipinski definition) is 5. The third-order valence-corrected chi connectivity index (χ3v) is 5.11. The number of halogens is 1. The Bertz CT molecular complexity index is 731. The molecule has 1 fully saturated rings. The lowest BCUT2D eigenvalue weighted by Crippen LogP contribution is -2.34. The molecule has 0 saturated carbocycles. The van der Waals surface area contributed by atoms with Gasteiger partial charge in [-0.3, -0.25) is 9.89 Å². The number of amides is 1. The van der Waals surface area contributed by atoms with Gasteiger partial charge >= 0.3 is 0 Å². The Labute approximate surface area is 149 Å². The smallest absolute Gasteiger partial charge is 0.235 e. The number of H-pyrrole nitrogens is 1. The van der Waals surface area contributed by atoms with Gasteiger partial charge < -0.3 is 9.64 Å². The summed E-state index contributed by atoms with van der Waals surface area (Å²) in [7, 11) is 1.59. The maximum absolute atomic E-state index is 12.4. The largest absolute Gasteiger partial charge is 0.496 e. The number of hydrogen-bond donors (Lipinski definition) is 1. The highest BCUT2D eigenvalue weighted by Gasteiger charge is 2.25. The molecule has 1 aromatic carbocycles. The number of nitrogens with one attached hydrogen (secondary N) is 1. The number of carbonyl (C=O) groups is 1. The van der Waals surface area contributed by atoms with Crippen molar-refractivity contribution in [2.75, 3.05) is 20.2 Å². The van der Waals surface area contributed by atoms with E-state index < -0.39 is 0 Å². The maximum Gasteiger partial charge on any atom is 0.235 e. The molecule has 0 bridgehead atoms. The third-order valence-electron chi connectivity index (χ3n) is 3.93. The van der Waals surface area contributed by atoms with Gasteiger partial charge in [0.05, 0.1) is 17.9 Å². The highest BCUT2D eigenvalue weighted by molar-refractivity contribution is 8.00. The predicted octanol–water partition coefficient (Wildman–Crippen LogP) is 3.24. The molecule has 8 heteroatoms. The number of nitrogens with zero attached hydrogens (tertiary/aromatic N) is 3. The average Bonchev–Trinajstić information content (AvgIpc) is 3.26. The van der Waals surface area contributed by atoms with Crippen LogP contribution in [-0.4, -0.2) is 51.4 Å². The van der Waals surface area contributed by atoms with Crippen LogP contribution in [0.4, 0.5) is 0 Å². The molecule has 0 radical (unpaired) electrons. The highest BCUT2D eigenvalue weighted by Crippen LogP contribution is 2.32. The number of methoxy groups -OCH3 is 1. The summed E-state index contributed by atoms with van der Waals surface area (Å²) in [5.74, 6) is 1.37. The zero-order valence-corrected chi connectivity index (χ0v) is 15.2. The molecule has 1 aliphatic rings. The van der Waals surface area contributed by atoms with E-state index in [9.17, 15) is 4.79 Å². The number of carbonyl (C=O) groups excluding carboxylic acids is 1. The van der Waals surface area contributed by atoms with E-state index in [-0.39, 0.29) is 11.2 Å². The summed E-state index contributed by atoms with van der Waals surface area (Å²) in [4.78, 5) is 18.7. The Kier molecular flexibility index (Phi) is 5.30. The Balaban J connectivity index is 1.74. The van der Waals surface area contributed by atoms with Gasteiger partial charge in [-0.15, -0.1) is 5.10 Å². The van der Waals surface area contributed by atoms with Crippen molar-refractivity contribution in [3.05, 3.63) is 23.2 Å². The second-order valence-corrected chi connectivity index (χ2v) is 7.35. The van der Waals surface area contributed by atoms with Crippen molar-refractivity contribution in [3.8, 4) is 17.1 Å². The van der Waals surface area contributed by atoms with E-state index >= 15 is 0 Å². The molecule has 0 spiro atoms. The van der Waals surface area contributed by atoms with Crippen molar-refractivity contribution >= 4 is 29.3 Å². The molecule has 2 heterocycles. The van der Waals surface area contributed by atoms with E-state index in [0.29, 0.717) is 21.8 Å². The SMILES string of the molecule is COc1ccc(Cl)cc1-c1nc(SC(C)C(=O)N2CCCC2)n[nH]1. The standard InChI is InChI=1S/C16H19ClN4O2S/c1-10(15(22)21-7-3-4-8-21)24-16-18-14(19-20-16)12-9-11(17)5-6-13(12)23-2/h5-6,9-10H,3-4,7-8H2,1-2H3,(H,18,19,20). The van der Waals surface area contributed by atoms with Crippen molar-refractivity contribution in [2.24, 2.45) is 0 Å². The Hall–Kier alpha value is -1.73. The number of rotatable bonds is 5. The minimum atomic E-state index is -0.215. The van der Waals surface area contributed by atoms with Crippen molar-refractivity contribution < 1.29 is 9.53 Å². The molecule has 1 amide bonds. The number of ether oxygens (including phenoxy) is 1. The summed E-state index contributed by atoms with van der Waals surface area (Å²) in [5.41, 5.74) is 0.739. The molecule has 1 aromatic heterocycles. The fourth-order valence-corrected chi connectivity index (χ4v) is 3.67. The van der Waals surface area contributed by atoms with E-state index in [1.54, 1.807) is 25.3 Å². The number of likely N-dealkylation sites (tertiary alicyclic amines) is 1. The van der Waals surface area contributed by atoms with Crippen molar-refractivity contribution in [1.82, 2.24) is 20.1 Å². The molecule has 0 aliphatic carbocycles. The van der Waals surface area contributed by atoms with Gasteiger partial charge in [0.2, 0.25) is 11.1 Å². The summed E-state index contributed by atoms with van der Waals surface area (Å²) in [5, 5.41) is 8.01. The number of aromatic nitrogens is 3. The Morgan fingerprint density at radius 2 is 2.17 bits per heavy atom. The first-order valence-electron chi connectivity index (χ1n) is 7.80. The van der Waals surface area contributed by atoms with E-state index in [1.807, 2.05) is 11.8 Å². The molecule has 1 unspecified atom stereocenters. The van der Waals surface area contributed by atoms with Gasteiger partial charge in [0.1, 0.15) is 5.75 Å². The zero-order chi connectivity index (χ0) is 17.1. The van der Waals surface area contributed by atoms with Gasteiger partial charge in [0, 0.05) is 18.1 Å². The quantitative estimate of drug-likeness (QED) is 0.822. The van der Waals surface area contributed by atoms with Crippen LogP contribution in [0.3, 0.4) is 0 Å². The lowest BCUT2D eigenvalue weighted by molar-refractivity contribution is -0.129. The second kappa shape index (κ2) is 7.44. The van der Waals surface area contributed by atoms with Crippen LogP contribution in [0, 0.1) is 0 Å². The summed E-state index contributed by atoms with van der Waals surface area (Å²) in [6.07, 6.45) is 2.17. The van der Waals surface area contributed by atoms with Crippen LogP contribution in [0.15, 0.2) is 23.4 Å². The number of thioether (sulfide) groups is 1. The van der Waals surface area contributed by atoms with E-state index in [4.69, 9.17) is 16.3 Å². The van der Waals surface area contributed by atoms with Gasteiger partial charge in [-0.05, 0) is 38.0 Å². The maximum atomic E-state index is 12.4. The predicted molar refractivity (Wildman–Crippen MR) is 94.5 cm³/mol. The van der Waals surface area contributed by atoms with Crippen molar-refractivity contribution in [2.45, 2.75) is 30.2 Å². The lowest BCUT2D eigenvalue weighted by Gasteiger charge is -2.18. The summed E-state index contributed by atoms with van der Waals surface area (Å²) >= 11 is 7.41. The van der Waals surface area contributed by atoms with E-state index in [0.717, 1.165) is 31.5 Å². The first-order valence-corrected chi connectivity index (χ1v) is 9.06. The van der Waals surface area contributed by atoms with Crippen LogP contribution in [-0.2, 0) is 4.79 Å². The van der Waals surface area contributed by atoms with E-state index in [2.05, 4.69) is 15.2 Å². The third kappa shape index (κ3) is 3.67. The summed E-state index contributed by atoms with van der Waals surface area (Å²) in [6, 6.07) is 5.31. The topological polar surface area (TPSA) is 71.1 Å². The highest BCUT2D eigenvalue weighted by atomic mass is 35.5. The van der Waals surface area contributed by atoms with E-state index in [1.165, 1.54) is 11.8 Å². The van der Waals surface area contributed by atoms with Gasteiger partial charge in [-0.1, -0.05) is 23.4 Å². The van der Waals surface area contributed by atoms with Crippen LogP contribution < -0.4 is 4.74 Å². The normalized spacial score (nSPS) is 15.5. The van der Waals surface area contributed by atoms with Crippen molar-refractivity contribution in [3.63, 3.8) is 0 Å². The Morgan fingerprint density at radius 1 is 1.42 bits per heavy atom. The van der Waals surface area contributed by atoms with Gasteiger partial charge in [0.25, 0.3) is 0 Å². The molecular formula is C16H19ClN4O2S. The van der Waals surface area contributed by atoms with Crippen LogP contribution in [0.2, 0.25) is 5.02 Å². The molecule has 1 atom stereocenters. The minimum absolute atomic E-state index is 0.143. The van der Waals surface area contributed by atoms with Crippen LogP contribution in [0.25, 0.3) is 11.4 Å². The van der Waals surface area contributed by atoms with Crippen LogP contribution >= 0.6 is 23.4 Å². The fourth-order valence-electron chi connectivity index (χ4n) is 2.69.